The Balaban J connectivity index is 1.50. The highest BCUT2D eigenvalue weighted by Crippen LogP contribution is 2.33. The average molecular weight is 365 g/mol. The maximum Gasteiger partial charge on any atom is 0.256 e. The van der Waals surface area contributed by atoms with Crippen molar-refractivity contribution in [3.8, 4) is 0 Å². The van der Waals surface area contributed by atoms with Gasteiger partial charge in [-0.3, -0.25) is 9.69 Å². The number of carbonyl (C=O) groups excluding carboxylic acids is 1. The minimum absolute atomic E-state index is 0.0308. The number of morpholine rings is 1. The van der Waals surface area contributed by atoms with Crippen LogP contribution in [0, 0.1) is 13.8 Å². The molecule has 0 bridgehead atoms. The highest BCUT2D eigenvalue weighted by Gasteiger charge is 2.24. The van der Waals surface area contributed by atoms with Crippen molar-refractivity contribution in [1.29, 1.82) is 0 Å². The number of amides is 1. The van der Waals surface area contributed by atoms with Gasteiger partial charge in [-0.25, -0.2) is 0 Å². The molecule has 1 amide bonds. The first-order chi connectivity index (χ1) is 13.1. The van der Waals surface area contributed by atoms with Gasteiger partial charge in [-0.15, -0.1) is 0 Å². The Kier molecular flexibility index (Phi) is 5.14. The predicted molar refractivity (Wildman–Crippen MR) is 109 cm³/mol. The second-order valence-electron chi connectivity index (χ2n) is 7.38. The lowest BCUT2D eigenvalue weighted by molar-refractivity contribution is -0.110. The zero-order chi connectivity index (χ0) is 18.8. The molecule has 5 heteroatoms. The number of rotatable bonds is 5. The Labute approximate surface area is 160 Å². The Bertz CT molecular complexity index is 876. The first-order valence-electron chi connectivity index (χ1n) is 9.74. The molecule has 1 aromatic carbocycles. The molecule has 3 heterocycles. The molecule has 27 heavy (non-hydrogen) atoms. The molecule has 2 aliphatic heterocycles. The first kappa shape index (κ1) is 18.0. The van der Waals surface area contributed by atoms with E-state index in [9.17, 15) is 4.79 Å². The van der Waals surface area contributed by atoms with Crippen LogP contribution in [0.1, 0.15) is 34.5 Å². The molecule has 0 saturated carbocycles. The Morgan fingerprint density at radius 3 is 2.78 bits per heavy atom. The number of aryl methyl sites for hydroxylation is 1. The normalized spacial score (nSPS) is 18.7. The molecule has 5 nitrogen and oxygen atoms in total. The van der Waals surface area contributed by atoms with Crippen LogP contribution in [0.5, 0.6) is 0 Å². The van der Waals surface area contributed by atoms with Gasteiger partial charge in [0.15, 0.2) is 0 Å². The predicted octanol–water partition coefficient (Wildman–Crippen LogP) is 3.39. The molecule has 1 fully saturated rings. The summed E-state index contributed by atoms with van der Waals surface area (Å²) in [6.07, 6.45) is 4.19. The number of aromatic amines is 1. The van der Waals surface area contributed by atoms with E-state index >= 15 is 0 Å². The molecule has 142 valence electrons. The number of hydrogen-bond donors (Lipinski definition) is 2. The summed E-state index contributed by atoms with van der Waals surface area (Å²) in [6, 6.07) is 7.85. The molecule has 2 aliphatic rings. The number of ether oxygens (including phenoxy) is 1. The standard InChI is InChI=1S/C22H27N3O2/c1-15-17(7-5-9-25-10-12-27-13-11-25)16(2)23-21(15)14-19-18-6-3-4-8-20(18)24-22(19)26/h3-4,6,8,14,23H,5,7,9-13H2,1-2H3,(H,24,26). The fraction of sp³-hybridized carbons (Fsp3) is 0.409. The summed E-state index contributed by atoms with van der Waals surface area (Å²) in [5.41, 5.74) is 7.46. The van der Waals surface area contributed by atoms with Gasteiger partial charge in [-0.1, -0.05) is 18.2 Å². The molecule has 4 rings (SSSR count). The number of H-pyrrole nitrogens is 1. The molecule has 2 N–H and O–H groups in total. The third-order valence-electron chi connectivity index (χ3n) is 5.64. The number of fused-ring (bicyclic) bond motifs is 1. The van der Waals surface area contributed by atoms with E-state index in [0.717, 1.165) is 68.2 Å². The molecule has 1 saturated heterocycles. The van der Waals surface area contributed by atoms with Crippen LogP contribution >= 0.6 is 0 Å². The molecule has 1 aromatic heterocycles. The number of nitrogens with one attached hydrogen (secondary N) is 2. The van der Waals surface area contributed by atoms with Crippen molar-refractivity contribution in [2.75, 3.05) is 38.2 Å². The van der Waals surface area contributed by atoms with Gasteiger partial charge >= 0.3 is 0 Å². The summed E-state index contributed by atoms with van der Waals surface area (Å²) in [5, 5.41) is 2.94. The Hall–Kier alpha value is -2.37. The van der Waals surface area contributed by atoms with E-state index in [0.29, 0.717) is 0 Å². The van der Waals surface area contributed by atoms with Crippen LogP contribution in [0.3, 0.4) is 0 Å². The number of carbonyl (C=O) groups is 1. The van der Waals surface area contributed by atoms with Crippen molar-refractivity contribution in [1.82, 2.24) is 9.88 Å². The molecule has 0 spiro atoms. The van der Waals surface area contributed by atoms with Crippen molar-refractivity contribution in [2.45, 2.75) is 26.7 Å². The van der Waals surface area contributed by atoms with Gasteiger partial charge in [-0.2, -0.15) is 0 Å². The second kappa shape index (κ2) is 7.71. The lowest BCUT2D eigenvalue weighted by Crippen LogP contribution is -2.36. The highest BCUT2D eigenvalue weighted by atomic mass is 16.5. The lowest BCUT2D eigenvalue weighted by atomic mass is 10.0. The zero-order valence-electron chi connectivity index (χ0n) is 16.1. The zero-order valence-corrected chi connectivity index (χ0v) is 16.1. The van der Waals surface area contributed by atoms with E-state index in [4.69, 9.17) is 4.74 Å². The van der Waals surface area contributed by atoms with Gasteiger partial charge in [0.05, 0.1) is 18.8 Å². The van der Waals surface area contributed by atoms with E-state index in [2.05, 4.69) is 29.0 Å². The number of para-hydroxylation sites is 1. The number of benzene rings is 1. The number of nitrogens with zero attached hydrogens (tertiary/aromatic N) is 1. The van der Waals surface area contributed by atoms with Gasteiger partial charge in [0.25, 0.3) is 5.91 Å². The highest BCUT2D eigenvalue weighted by molar-refractivity contribution is 6.34. The van der Waals surface area contributed by atoms with Crippen LogP contribution in [0.25, 0.3) is 11.6 Å². The van der Waals surface area contributed by atoms with Crippen LogP contribution < -0.4 is 5.32 Å². The van der Waals surface area contributed by atoms with Crippen LogP contribution in [-0.4, -0.2) is 48.6 Å². The summed E-state index contributed by atoms with van der Waals surface area (Å²) < 4.78 is 5.42. The summed E-state index contributed by atoms with van der Waals surface area (Å²) in [5.74, 6) is -0.0308. The summed E-state index contributed by atoms with van der Waals surface area (Å²) in [7, 11) is 0. The van der Waals surface area contributed by atoms with Crippen LogP contribution in [-0.2, 0) is 16.0 Å². The topological polar surface area (TPSA) is 57.4 Å². The van der Waals surface area contributed by atoms with E-state index in [1.165, 1.54) is 16.8 Å². The van der Waals surface area contributed by atoms with Crippen molar-refractivity contribution in [3.63, 3.8) is 0 Å². The SMILES string of the molecule is Cc1[nH]c(C=C2C(=O)Nc3ccccc32)c(C)c1CCCN1CCOCC1. The number of hydrogen-bond acceptors (Lipinski definition) is 3. The van der Waals surface area contributed by atoms with Crippen LogP contribution in [0.15, 0.2) is 24.3 Å². The van der Waals surface area contributed by atoms with Gasteiger partial charge in [-0.05, 0) is 56.5 Å². The van der Waals surface area contributed by atoms with Gasteiger partial charge in [0, 0.05) is 35.7 Å². The van der Waals surface area contributed by atoms with Gasteiger partial charge in [0.2, 0.25) is 0 Å². The molecule has 0 aliphatic carbocycles. The number of aromatic nitrogens is 1. The third-order valence-corrected chi connectivity index (χ3v) is 5.64. The quantitative estimate of drug-likeness (QED) is 0.799. The summed E-state index contributed by atoms with van der Waals surface area (Å²) >= 11 is 0. The van der Waals surface area contributed by atoms with E-state index < -0.39 is 0 Å². The van der Waals surface area contributed by atoms with Crippen LogP contribution in [0.4, 0.5) is 5.69 Å². The van der Waals surface area contributed by atoms with Gasteiger partial charge < -0.3 is 15.0 Å². The molecule has 0 atom stereocenters. The van der Waals surface area contributed by atoms with Crippen molar-refractivity contribution >= 4 is 23.2 Å². The van der Waals surface area contributed by atoms with Crippen molar-refractivity contribution in [2.24, 2.45) is 0 Å². The molecular weight excluding hydrogens is 338 g/mol. The van der Waals surface area contributed by atoms with Crippen LogP contribution in [0.2, 0.25) is 0 Å². The molecule has 0 unspecified atom stereocenters. The van der Waals surface area contributed by atoms with E-state index in [1.807, 2.05) is 30.3 Å². The summed E-state index contributed by atoms with van der Waals surface area (Å²) in [6.45, 7) is 9.17. The van der Waals surface area contributed by atoms with E-state index in [1.54, 1.807) is 0 Å². The molecule has 2 aromatic rings. The van der Waals surface area contributed by atoms with E-state index in [-0.39, 0.29) is 5.91 Å². The average Bonchev–Trinajstić information content (AvgIpc) is 3.13. The lowest BCUT2D eigenvalue weighted by Gasteiger charge is -2.26. The second-order valence-corrected chi connectivity index (χ2v) is 7.38. The maximum atomic E-state index is 12.4. The Morgan fingerprint density at radius 2 is 1.96 bits per heavy atom. The fourth-order valence-electron chi connectivity index (χ4n) is 4.07. The summed E-state index contributed by atoms with van der Waals surface area (Å²) in [4.78, 5) is 18.3. The Morgan fingerprint density at radius 1 is 1.19 bits per heavy atom. The first-order valence-corrected chi connectivity index (χ1v) is 9.74. The largest absolute Gasteiger partial charge is 0.379 e. The smallest absolute Gasteiger partial charge is 0.256 e. The van der Waals surface area contributed by atoms with Gasteiger partial charge in [0.1, 0.15) is 0 Å². The molecular formula is C22H27N3O2. The minimum atomic E-state index is -0.0308. The fourth-order valence-corrected chi connectivity index (χ4v) is 4.07. The minimum Gasteiger partial charge on any atom is -0.379 e. The third kappa shape index (κ3) is 3.70. The van der Waals surface area contributed by atoms with Crippen molar-refractivity contribution < 1.29 is 9.53 Å². The van der Waals surface area contributed by atoms with Crippen molar-refractivity contribution in [3.05, 3.63) is 52.3 Å². The molecule has 0 radical (unpaired) electrons. The number of anilines is 1. The maximum absolute atomic E-state index is 12.4. The monoisotopic (exact) mass is 365 g/mol.